The Balaban J connectivity index is 3.05. The monoisotopic (exact) mass is 207 g/mol. The number of likely N-dealkylation sites (N-methyl/N-ethyl adjacent to an activating group) is 1. The minimum Gasteiger partial charge on any atom is -0.480 e. The van der Waals surface area contributed by atoms with Gasteiger partial charge < -0.3 is 10.0 Å². The van der Waals surface area contributed by atoms with Gasteiger partial charge in [-0.3, -0.25) is 4.79 Å². The van der Waals surface area contributed by atoms with E-state index >= 15 is 0 Å². The molecule has 1 aromatic rings. The second kappa shape index (κ2) is 4.34. The number of carbonyl (C=O) groups is 1. The van der Waals surface area contributed by atoms with Gasteiger partial charge in [0, 0.05) is 12.7 Å². The molecule has 1 N–H and O–H groups in total. The Morgan fingerprint density at radius 3 is 2.40 bits per heavy atom. The summed E-state index contributed by atoms with van der Waals surface area (Å²) in [4.78, 5) is 12.4. The molecular weight excluding hydrogens is 190 g/mol. The van der Waals surface area contributed by atoms with Gasteiger partial charge in [0.1, 0.15) is 6.54 Å². The third kappa shape index (κ3) is 2.49. The summed E-state index contributed by atoms with van der Waals surface area (Å²) in [5.41, 5.74) is 4.60. The molecule has 0 bridgehead atoms. The van der Waals surface area contributed by atoms with Crippen LogP contribution in [0.1, 0.15) is 16.7 Å². The lowest BCUT2D eigenvalue weighted by Crippen LogP contribution is -2.25. The molecule has 15 heavy (non-hydrogen) atoms. The zero-order valence-electron chi connectivity index (χ0n) is 9.66. The molecule has 0 aliphatic rings. The Bertz CT molecular complexity index is 385. The van der Waals surface area contributed by atoms with E-state index in [1.54, 1.807) is 11.9 Å². The number of benzene rings is 1. The number of aryl methyl sites for hydroxylation is 1. The highest BCUT2D eigenvalue weighted by molar-refractivity contribution is 5.74. The van der Waals surface area contributed by atoms with Crippen LogP contribution in [0.3, 0.4) is 0 Å². The first-order valence-corrected chi connectivity index (χ1v) is 4.93. The third-order valence-corrected chi connectivity index (χ3v) is 2.81. The van der Waals surface area contributed by atoms with Crippen LogP contribution in [-0.2, 0) is 4.79 Å². The summed E-state index contributed by atoms with van der Waals surface area (Å²) in [5.74, 6) is -0.810. The van der Waals surface area contributed by atoms with Crippen LogP contribution in [0.25, 0.3) is 0 Å². The average Bonchev–Trinajstić information content (AvgIpc) is 2.13. The highest BCUT2D eigenvalue weighted by atomic mass is 16.4. The molecule has 0 aromatic heterocycles. The fourth-order valence-corrected chi connectivity index (χ4v) is 1.64. The number of carboxylic acids is 1. The van der Waals surface area contributed by atoms with Crippen LogP contribution >= 0.6 is 0 Å². The molecule has 0 saturated carbocycles. The Kier molecular flexibility index (Phi) is 3.35. The van der Waals surface area contributed by atoms with Gasteiger partial charge in [0.2, 0.25) is 0 Å². The highest BCUT2D eigenvalue weighted by Crippen LogP contribution is 2.24. The number of hydrogen-bond donors (Lipinski definition) is 1. The second-order valence-corrected chi connectivity index (χ2v) is 3.90. The van der Waals surface area contributed by atoms with Crippen LogP contribution in [0, 0.1) is 20.8 Å². The van der Waals surface area contributed by atoms with Crippen LogP contribution < -0.4 is 4.90 Å². The van der Waals surface area contributed by atoms with Crippen LogP contribution in [0.5, 0.6) is 0 Å². The molecular formula is C12H17NO2. The lowest BCUT2D eigenvalue weighted by molar-refractivity contribution is -0.135. The fraction of sp³-hybridized carbons (Fsp3) is 0.417. The number of aliphatic carboxylic acids is 1. The SMILES string of the molecule is Cc1ccc(N(C)CC(=O)O)c(C)c1C. The minimum atomic E-state index is -0.810. The van der Waals surface area contributed by atoms with Crippen molar-refractivity contribution < 1.29 is 9.90 Å². The first-order chi connectivity index (χ1) is 6.93. The molecule has 0 saturated heterocycles. The van der Waals surface area contributed by atoms with Gasteiger partial charge in [-0.2, -0.15) is 0 Å². The van der Waals surface area contributed by atoms with E-state index in [1.165, 1.54) is 11.1 Å². The number of carboxylic acid groups (broad SMARTS) is 1. The zero-order chi connectivity index (χ0) is 11.6. The zero-order valence-corrected chi connectivity index (χ0v) is 9.66. The summed E-state index contributed by atoms with van der Waals surface area (Å²) in [6, 6.07) is 4.00. The number of nitrogens with zero attached hydrogens (tertiary/aromatic N) is 1. The second-order valence-electron chi connectivity index (χ2n) is 3.90. The predicted molar refractivity (Wildman–Crippen MR) is 61.6 cm³/mol. The van der Waals surface area contributed by atoms with Crippen molar-refractivity contribution in [2.45, 2.75) is 20.8 Å². The number of hydrogen-bond acceptors (Lipinski definition) is 2. The van der Waals surface area contributed by atoms with Crippen LogP contribution in [0.15, 0.2) is 12.1 Å². The van der Waals surface area contributed by atoms with Crippen molar-refractivity contribution >= 4 is 11.7 Å². The van der Waals surface area contributed by atoms with Crippen LogP contribution in [0.2, 0.25) is 0 Å². The quantitative estimate of drug-likeness (QED) is 0.825. The molecule has 0 unspecified atom stereocenters. The van der Waals surface area contributed by atoms with Crippen molar-refractivity contribution in [2.75, 3.05) is 18.5 Å². The summed E-state index contributed by atoms with van der Waals surface area (Å²) in [5, 5.41) is 8.72. The van der Waals surface area contributed by atoms with Crippen molar-refractivity contribution in [1.29, 1.82) is 0 Å². The molecule has 0 radical (unpaired) electrons. The maximum Gasteiger partial charge on any atom is 0.323 e. The average molecular weight is 207 g/mol. The van der Waals surface area contributed by atoms with E-state index in [2.05, 4.69) is 13.8 Å². The molecule has 0 aliphatic heterocycles. The van der Waals surface area contributed by atoms with Gasteiger partial charge in [0.25, 0.3) is 0 Å². The Morgan fingerprint density at radius 1 is 1.27 bits per heavy atom. The summed E-state index contributed by atoms with van der Waals surface area (Å²) < 4.78 is 0. The van der Waals surface area contributed by atoms with Gasteiger partial charge in [-0.05, 0) is 43.5 Å². The van der Waals surface area contributed by atoms with Gasteiger partial charge in [0.15, 0.2) is 0 Å². The van der Waals surface area contributed by atoms with Crippen LogP contribution in [-0.4, -0.2) is 24.7 Å². The van der Waals surface area contributed by atoms with Crippen LogP contribution in [0.4, 0.5) is 5.69 Å². The molecule has 0 aliphatic carbocycles. The maximum absolute atomic E-state index is 10.6. The van der Waals surface area contributed by atoms with Gasteiger partial charge in [-0.25, -0.2) is 0 Å². The number of anilines is 1. The number of rotatable bonds is 3. The predicted octanol–water partition coefficient (Wildman–Crippen LogP) is 2.13. The van der Waals surface area contributed by atoms with E-state index < -0.39 is 5.97 Å². The van der Waals surface area contributed by atoms with Gasteiger partial charge in [0.05, 0.1) is 0 Å². The Labute approximate surface area is 90.3 Å². The summed E-state index contributed by atoms with van der Waals surface area (Å²) >= 11 is 0. The van der Waals surface area contributed by atoms with Crippen molar-refractivity contribution in [3.63, 3.8) is 0 Å². The van der Waals surface area contributed by atoms with E-state index in [4.69, 9.17) is 5.11 Å². The third-order valence-electron chi connectivity index (χ3n) is 2.81. The first kappa shape index (κ1) is 11.6. The summed E-state index contributed by atoms with van der Waals surface area (Å²) in [7, 11) is 1.80. The van der Waals surface area contributed by atoms with Crippen molar-refractivity contribution in [3.8, 4) is 0 Å². The molecule has 0 amide bonds. The van der Waals surface area contributed by atoms with Gasteiger partial charge in [-0.15, -0.1) is 0 Å². The lowest BCUT2D eigenvalue weighted by atomic mass is 10.0. The Morgan fingerprint density at radius 2 is 1.87 bits per heavy atom. The highest BCUT2D eigenvalue weighted by Gasteiger charge is 2.10. The molecule has 0 heterocycles. The molecule has 0 fully saturated rings. The molecule has 3 nitrogen and oxygen atoms in total. The molecule has 0 spiro atoms. The van der Waals surface area contributed by atoms with Crippen molar-refractivity contribution in [3.05, 3.63) is 28.8 Å². The molecule has 82 valence electrons. The molecule has 3 heteroatoms. The van der Waals surface area contributed by atoms with Gasteiger partial charge in [-0.1, -0.05) is 6.07 Å². The van der Waals surface area contributed by atoms with E-state index in [9.17, 15) is 4.79 Å². The summed E-state index contributed by atoms with van der Waals surface area (Å²) in [6.45, 7) is 6.17. The van der Waals surface area contributed by atoms with E-state index in [0.717, 1.165) is 11.3 Å². The van der Waals surface area contributed by atoms with E-state index in [-0.39, 0.29) is 6.54 Å². The topological polar surface area (TPSA) is 40.5 Å². The standard InChI is InChI=1S/C12H17NO2/c1-8-5-6-11(10(3)9(8)2)13(4)7-12(14)15/h5-6H,7H2,1-4H3,(H,14,15). The van der Waals surface area contributed by atoms with Crippen molar-refractivity contribution in [2.24, 2.45) is 0 Å². The smallest absolute Gasteiger partial charge is 0.323 e. The van der Waals surface area contributed by atoms with E-state index in [0.29, 0.717) is 0 Å². The fourth-order valence-electron chi connectivity index (χ4n) is 1.64. The minimum absolute atomic E-state index is 0.0311. The van der Waals surface area contributed by atoms with Gasteiger partial charge >= 0.3 is 5.97 Å². The summed E-state index contributed by atoms with van der Waals surface area (Å²) in [6.07, 6.45) is 0. The lowest BCUT2D eigenvalue weighted by Gasteiger charge is -2.21. The maximum atomic E-state index is 10.6. The molecule has 1 rings (SSSR count). The molecule has 1 aromatic carbocycles. The van der Waals surface area contributed by atoms with Crippen molar-refractivity contribution in [1.82, 2.24) is 0 Å². The van der Waals surface area contributed by atoms with E-state index in [1.807, 2.05) is 19.1 Å². The Hall–Kier alpha value is -1.51. The largest absolute Gasteiger partial charge is 0.480 e. The normalized spacial score (nSPS) is 10.1. The first-order valence-electron chi connectivity index (χ1n) is 4.93. The molecule has 0 atom stereocenters.